The zero-order chi connectivity index (χ0) is 19.1. The summed E-state index contributed by atoms with van der Waals surface area (Å²) >= 11 is 0. The summed E-state index contributed by atoms with van der Waals surface area (Å²) in [4.78, 5) is 24.0. The summed E-state index contributed by atoms with van der Waals surface area (Å²) in [6.45, 7) is 1.48. The first kappa shape index (κ1) is 19.3. The Balaban J connectivity index is 2.16. The average Bonchev–Trinajstić information content (AvgIpc) is 2.66. The van der Waals surface area contributed by atoms with E-state index in [1.807, 2.05) is 12.1 Å². The Morgan fingerprint density at radius 3 is 1.92 bits per heavy atom. The maximum Gasteiger partial charge on any atom is 0.228 e. The summed E-state index contributed by atoms with van der Waals surface area (Å²) < 4.78 is 10.2. The molecule has 6 heteroatoms. The van der Waals surface area contributed by atoms with Crippen molar-refractivity contribution in [3.05, 3.63) is 54.1 Å². The molecule has 0 saturated heterocycles. The average molecular weight is 356 g/mol. The summed E-state index contributed by atoms with van der Waals surface area (Å²) in [6, 6.07) is 14.0. The zero-order valence-corrected chi connectivity index (χ0v) is 15.0. The number of aliphatic carboxylic acids is 1. The number of nitrogens with one attached hydrogen (secondary N) is 1. The van der Waals surface area contributed by atoms with Crippen molar-refractivity contribution in [2.24, 2.45) is 11.8 Å². The van der Waals surface area contributed by atoms with E-state index in [4.69, 9.17) is 9.47 Å². The van der Waals surface area contributed by atoms with E-state index in [0.29, 0.717) is 17.2 Å². The van der Waals surface area contributed by atoms with Gasteiger partial charge in [0.25, 0.3) is 0 Å². The minimum Gasteiger partial charge on any atom is -0.550 e. The minimum absolute atomic E-state index is 0.279. The number of methoxy groups -OCH3 is 2. The van der Waals surface area contributed by atoms with Gasteiger partial charge in [-0.05, 0) is 48.4 Å². The Morgan fingerprint density at radius 1 is 0.962 bits per heavy atom. The maximum absolute atomic E-state index is 12.7. The van der Waals surface area contributed by atoms with E-state index >= 15 is 0 Å². The second kappa shape index (κ2) is 8.89. The molecular formula is C20H22NO5-. The first-order chi connectivity index (χ1) is 12.4. The molecule has 2 atom stereocenters. The molecule has 0 aliphatic rings. The highest BCUT2D eigenvalue weighted by Gasteiger charge is 2.26. The highest BCUT2D eigenvalue weighted by molar-refractivity contribution is 5.95. The Bertz CT molecular complexity index is 740. The molecule has 0 spiro atoms. The third-order valence-corrected chi connectivity index (χ3v) is 4.28. The van der Waals surface area contributed by atoms with Gasteiger partial charge in [0, 0.05) is 17.6 Å². The van der Waals surface area contributed by atoms with Crippen molar-refractivity contribution >= 4 is 17.6 Å². The second-order valence-corrected chi connectivity index (χ2v) is 5.98. The standard InChI is InChI=1S/C20H23NO5/c1-13(20(23)24)18(12-14-4-8-16(25-2)9-5-14)19(22)21-15-6-10-17(26-3)11-7-15/h4-11,13,18H,12H2,1-3H3,(H,21,22)(H,23,24)/p-1/t13-,18-/m1/s1. The van der Waals surface area contributed by atoms with Crippen molar-refractivity contribution in [2.75, 3.05) is 19.5 Å². The summed E-state index contributed by atoms with van der Waals surface area (Å²) in [6.07, 6.45) is 0.279. The molecular weight excluding hydrogens is 334 g/mol. The summed E-state index contributed by atoms with van der Waals surface area (Å²) in [5.74, 6) is -1.97. The zero-order valence-electron chi connectivity index (χ0n) is 15.0. The van der Waals surface area contributed by atoms with E-state index < -0.39 is 17.8 Å². The molecule has 0 radical (unpaired) electrons. The van der Waals surface area contributed by atoms with Crippen LogP contribution in [0.1, 0.15) is 12.5 Å². The Kier molecular flexibility index (Phi) is 6.60. The van der Waals surface area contributed by atoms with Gasteiger partial charge in [-0.2, -0.15) is 0 Å². The number of amides is 1. The molecule has 0 bridgehead atoms. The number of hydrogen-bond acceptors (Lipinski definition) is 5. The second-order valence-electron chi connectivity index (χ2n) is 5.98. The molecule has 2 rings (SSSR count). The van der Waals surface area contributed by atoms with Crippen molar-refractivity contribution in [1.29, 1.82) is 0 Å². The molecule has 2 aromatic carbocycles. The molecule has 26 heavy (non-hydrogen) atoms. The number of carbonyl (C=O) groups is 2. The first-order valence-corrected chi connectivity index (χ1v) is 8.23. The molecule has 1 amide bonds. The van der Waals surface area contributed by atoms with Gasteiger partial charge in [-0.3, -0.25) is 4.79 Å². The number of anilines is 1. The number of ether oxygens (including phenoxy) is 2. The predicted molar refractivity (Wildman–Crippen MR) is 96.0 cm³/mol. The fourth-order valence-electron chi connectivity index (χ4n) is 2.59. The number of benzene rings is 2. The molecule has 0 saturated carbocycles. The number of carboxylic acid groups (broad SMARTS) is 1. The Morgan fingerprint density at radius 2 is 1.46 bits per heavy atom. The van der Waals surface area contributed by atoms with Crippen LogP contribution in [0.4, 0.5) is 5.69 Å². The lowest BCUT2D eigenvalue weighted by molar-refractivity contribution is -0.312. The van der Waals surface area contributed by atoms with Gasteiger partial charge < -0.3 is 24.7 Å². The van der Waals surface area contributed by atoms with Crippen molar-refractivity contribution in [2.45, 2.75) is 13.3 Å². The SMILES string of the molecule is COc1ccc(C[C@@H](C(=O)Nc2ccc(OC)cc2)[C@@H](C)C(=O)[O-])cc1. The van der Waals surface area contributed by atoms with Crippen LogP contribution in [-0.4, -0.2) is 26.1 Å². The summed E-state index contributed by atoms with van der Waals surface area (Å²) in [5.41, 5.74) is 1.41. The lowest BCUT2D eigenvalue weighted by atomic mass is 9.87. The third-order valence-electron chi connectivity index (χ3n) is 4.28. The normalized spacial score (nSPS) is 12.7. The Labute approximate surface area is 152 Å². The molecule has 0 fully saturated rings. The monoisotopic (exact) mass is 356 g/mol. The topological polar surface area (TPSA) is 87.7 Å². The molecule has 6 nitrogen and oxygen atoms in total. The van der Waals surface area contributed by atoms with Gasteiger partial charge in [-0.1, -0.05) is 19.1 Å². The van der Waals surface area contributed by atoms with Crippen molar-refractivity contribution in [1.82, 2.24) is 0 Å². The summed E-state index contributed by atoms with van der Waals surface area (Å²) in [5, 5.41) is 14.1. The van der Waals surface area contributed by atoms with E-state index in [0.717, 1.165) is 5.56 Å². The molecule has 0 aliphatic heterocycles. The van der Waals surface area contributed by atoms with E-state index in [2.05, 4.69) is 5.32 Å². The van der Waals surface area contributed by atoms with E-state index in [1.165, 1.54) is 6.92 Å². The van der Waals surface area contributed by atoms with Gasteiger partial charge >= 0.3 is 0 Å². The fraction of sp³-hybridized carbons (Fsp3) is 0.300. The van der Waals surface area contributed by atoms with Crippen LogP contribution in [0.3, 0.4) is 0 Å². The fourth-order valence-corrected chi connectivity index (χ4v) is 2.59. The van der Waals surface area contributed by atoms with Crippen LogP contribution in [0.2, 0.25) is 0 Å². The first-order valence-electron chi connectivity index (χ1n) is 8.23. The lowest BCUT2D eigenvalue weighted by Crippen LogP contribution is -2.40. The minimum atomic E-state index is -1.26. The van der Waals surface area contributed by atoms with Crippen LogP contribution in [0, 0.1) is 11.8 Å². The molecule has 1 N–H and O–H groups in total. The van der Waals surface area contributed by atoms with Crippen molar-refractivity contribution in [3.63, 3.8) is 0 Å². The predicted octanol–water partition coefficient (Wildman–Crippen LogP) is 1.89. The van der Waals surface area contributed by atoms with E-state index in [-0.39, 0.29) is 12.3 Å². The molecule has 0 unspecified atom stereocenters. The van der Waals surface area contributed by atoms with Gasteiger partial charge in [-0.25, -0.2) is 0 Å². The smallest absolute Gasteiger partial charge is 0.228 e. The number of hydrogen-bond donors (Lipinski definition) is 1. The van der Waals surface area contributed by atoms with Gasteiger partial charge in [0.05, 0.1) is 20.1 Å². The van der Waals surface area contributed by atoms with Gasteiger partial charge in [0.1, 0.15) is 11.5 Å². The van der Waals surface area contributed by atoms with Crippen LogP contribution in [-0.2, 0) is 16.0 Å². The van der Waals surface area contributed by atoms with Crippen LogP contribution >= 0.6 is 0 Å². The number of rotatable bonds is 8. The lowest BCUT2D eigenvalue weighted by Gasteiger charge is -2.24. The molecule has 0 aromatic heterocycles. The van der Waals surface area contributed by atoms with Crippen LogP contribution in [0.15, 0.2) is 48.5 Å². The van der Waals surface area contributed by atoms with E-state index in [1.54, 1.807) is 50.6 Å². The van der Waals surface area contributed by atoms with Crippen LogP contribution in [0.25, 0.3) is 0 Å². The van der Waals surface area contributed by atoms with Crippen LogP contribution < -0.4 is 19.9 Å². The molecule has 0 aliphatic carbocycles. The molecule has 2 aromatic rings. The highest BCUT2D eigenvalue weighted by atomic mass is 16.5. The third kappa shape index (κ3) is 4.99. The highest BCUT2D eigenvalue weighted by Crippen LogP contribution is 2.22. The number of carbonyl (C=O) groups excluding carboxylic acids is 2. The molecule has 138 valence electrons. The Hall–Kier alpha value is -3.02. The maximum atomic E-state index is 12.7. The number of carboxylic acids is 1. The van der Waals surface area contributed by atoms with E-state index in [9.17, 15) is 14.7 Å². The molecule has 0 heterocycles. The largest absolute Gasteiger partial charge is 0.550 e. The van der Waals surface area contributed by atoms with Gasteiger partial charge in [0.2, 0.25) is 5.91 Å². The quantitative estimate of drug-likeness (QED) is 0.780. The summed E-state index contributed by atoms with van der Waals surface area (Å²) in [7, 11) is 3.12. The van der Waals surface area contributed by atoms with Gasteiger partial charge in [0.15, 0.2) is 0 Å². The van der Waals surface area contributed by atoms with Gasteiger partial charge in [-0.15, -0.1) is 0 Å². The van der Waals surface area contributed by atoms with Crippen LogP contribution in [0.5, 0.6) is 11.5 Å². The van der Waals surface area contributed by atoms with Crippen molar-refractivity contribution < 1.29 is 24.2 Å². The van der Waals surface area contributed by atoms with Crippen molar-refractivity contribution in [3.8, 4) is 11.5 Å².